The molecule has 0 radical (unpaired) electrons. The average molecular weight is 246 g/mol. The van der Waals surface area contributed by atoms with Crippen LogP contribution < -0.4 is 10.6 Å². The van der Waals surface area contributed by atoms with Crippen molar-refractivity contribution in [2.24, 2.45) is 0 Å². The van der Waals surface area contributed by atoms with Gasteiger partial charge in [0.05, 0.1) is 0 Å². The normalized spacial score (nSPS) is 25.1. The van der Waals surface area contributed by atoms with Gasteiger partial charge < -0.3 is 10.4 Å². The maximum atomic E-state index is 11.2. The minimum atomic E-state index is -0.804. The molecule has 1 heterocycles. The van der Waals surface area contributed by atoms with Crippen LogP contribution in [0.2, 0.25) is 0 Å². The Morgan fingerprint density at radius 1 is 1.44 bits per heavy atom. The van der Waals surface area contributed by atoms with Crippen molar-refractivity contribution in [2.75, 3.05) is 24.6 Å². The largest absolute Gasteiger partial charge is 0.480 e. The smallest absolute Gasteiger partial charge is 0.324 e. The fourth-order valence-corrected chi connectivity index (χ4v) is 2.93. The van der Waals surface area contributed by atoms with Gasteiger partial charge in [0.1, 0.15) is 5.54 Å². The van der Waals surface area contributed by atoms with Crippen molar-refractivity contribution in [1.29, 1.82) is 0 Å². The molecule has 0 saturated carbocycles. The molecule has 0 aliphatic carbocycles. The van der Waals surface area contributed by atoms with Crippen LogP contribution in [0, 0.1) is 0 Å². The Morgan fingerprint density at radius 3 is 2.69 bits per heavy atom. The second-order valence-electron chi connectivity index (χ2n) is 3.95. The zero-order valence-electron chi connectivity index (χ0n) is 9.41. The Hall–Kier alpha value is -0.750. The van der Waals surface area contributed by atoms with Crippen LogP contribution in [0.5, 0.6) is 0 Å². The van der Waals surface area contributed by atoms with Crippen LogP contribution in [0.15, 0.2) is 0 Å². The van der Waals surface area contributed by atoms with Gasteiger partial charge >= 0.3 is 5.97 Å². The van der Waals surface area contributed by atoms with Crippen molar-refractivity contribution >= 4 is 23.6 Å². The summed E-state index contributed by atoms with van der Waals surface area (Å²) < 4.78 is 0. The minimum Gasteiger partial charge on any atom is -0.480 e. The topological polar surface area (TPSA) is 78.4 Å². The highest BCUT2D eigenvalue weighted by Crippen LogP contribution is 2.26. The van der Waals surface area contributed by atoms with E-state index >= 15 is 0 Å². The molecule has 16 heavy (non-hydrogen) atoms. The number of hydrogen-bond donors (Lipinski definition) is 3. The number of thioether (sulfide) groups is 1. The molecule has 1 rings (SSSR count). The molecule has 92 valence electrons. The second kappa shape index (κ2) is 6.10. The number of aliphatic carboxylic acids is 1. The van der Waals surface area contributed by atoms with Crippen LogP contribution in [-0.2, 0) is 9.59 Å². The number of carbonyl (C=O) groups excluding carboxylic acids is 1. The zero-order chi connectivity index (χ0) is 12.0. The molecule has 0 aromatic rings. The van der Waals surface area contributed by atoms with Crippen LogP contribution >= 0.6 is 11.8 Å². The monoisotopic (exact) mass is 246 g/mol. The summed E-state index contributed by atoms with van der Waals surface area (Å²) in [5.74, 6) is 0.747. The van der Waals surface area contributed by atoms with E-state index in [0.29, 0.717) is 25.3 Å². The zero-order valence-corrected chi connectivity index (χ0v) is 10.2. The van der Waals surface area contributed by atoms with E-state index in [1.165, 1.54) is 6.92 Å². The van der Waals surface area contributed by atoms with E-state index < -0.39 is 11.5 Å². The number of nitrogens with one attached hydrogen (secondary N) is 2. The molecule has 0 spiro atoms. The number of carboxylic acid groups (broad SMARTS) is 1. The maximum absolute atomic E-state index is 11.2. The van der Waals surface area contributed by atoms with Crippen molar-refractivity contribution in [3.8, 4) is 0 Å². The Morgan fingerprint density at radius 2 is 2.19 bits per heavy atom. The molecule has 0 aromatic heterocycles. The predicted molar refractivity (Wildman–Crippen MR) is 63.6 cm³/mol. The molecule has 5 nitrogen and oxygen atoms in total. The van der Waals surface area contributed by atoms with E-state index in [0.717, 1.165) is 12.2 Å². The van der Waals surface area contributed by atoms with Crippen molar-refractivity contribution in [2.45, 2.75) is 25.3 Å². The summed E-state index contributed by atoms with van der Waals surface area (Å²) in [5.41, 5.74) is -0.804. The first kappa shape index (κ1) is 13.3. The third-order valence-corrected chi connectivity index (χ3v) is 3.89. The van der Waals surface area contributed by atoms with E-state index in [2.05, 4.69) is 10.6 Å². The van der Waals surface area contributed by atoms with Gasteiger partial charge in [-0.2, -0.15) is 11.8 Å². The fraction of sp³-hybridized carbons (Fsp3) is 0.800. The van der Waals surface area contributed by atoms with Crippen molar-refractivity contribution < 1.29 is 14.7 Å². The standard InChI is InChI=1S/C10H18N2O3S/c1-8(13)11-4-5-12-10(9(14)15)3-2-6-16-7-10/h12H,2-7H2,1H3,(H,11,13)(H,14,15). The number of rotatable bonds is 5. The van der Waals surface area contributed by atoms with E-state index in [1.807, 2.05) is 0 Å². The summed E-state index contributed by atoms with van der Waals surface area (Å²) >= 11 is 1.66. The van der Waals surface area contributed by atoms with Gasteiger partial charge in [-0.3, -0.25) is 14.9 Å². The molecule has 0 aromatic carbocycles. The van der Waals surface area contributed by atoms with Crippen LogP contribution in [-0.4, -0.2) is 47.1 Å². The van der Waals surface area contributed by atoms with Crippen LogP contribution in [0.25, 0.3) is 0 Å². The third-order valence-electron chi connectivity index (χ3n) is 2.61. The highest BCUT2D eigenvalue weighted by atomic mass is 32.2. The molecule has 0 bridgehead atoms. The minimum absolute atomic E-state index is 0.0933. The van der Waals surface area contributed by atoms with Gasteiger partial charge in [0, 0.05) is 25.8 Å². The van der Waals surface area contributed by atoms with Crippen molar-refractivity contribution in [3.63, 3.8) is 0 Å². The SMILES string of the molecule is CC(=O)NCCNC1(C(=O)O)CCCSC1. The summed E-state index contributed by atoms with van der Waals surface area (Å²) in [6, 6.07) is 0. The first-order chi connectivity index (χ1) is 7.57. The molecule has 1 unspecified atom stereocenters. The number of amides is 1. The lowest BCUT2D eigenvalue weighted by molar-refractivity contribution is -0.144. The fourth-order valence-electron chi connectivity index (χ4n) is 1.72. The van der Waals surface area contributed by atoms with Gasteiger partial charge in [0.2, 0.25) is 5.91 Å². The third kappa shape index (κ3) is 3.68. The second-order valence-corrected chi connectivity index (χ2v) is 5.06. The van der Waals surface area contributed by atoms with Crippen molar-refractivity contribution in [1.82, 2.24) is 10.6 Å². The lowest BCUT2D eigenvalue weighted by Crippen LogP contribution is -2.57. The Kier molecular flexibility index (Phi) is 5.08. The first-order valence-corrected chi connectivity index (χ1v) is 6.53. The molecule has 1 saturated heterocycles. The number of hydrogen-bond acceptors (Lipinski definition) is 4. The van der Waals surface area contributed by atoms with E-state index in [4.69, 9.17) is 0 Å². The molecular weight excluding hydrogens is 228 g/mol. The maximum Gasteiger partial charge on any atom is 0.324 e. The lowest BCUT2D eigenvalue weighted by atomic mass is 9.95. The van der Waals surface area contributed by atoms with Gasteiger partial charge in [-0.25, -0.2) is 0 Å². The predicted octanol–water partition coefficient (Wildman–Crippen LogP) is 0.0625. The molecule has 1 aliphatic rings. The molecule has 1 aliphatic heterocycles. The molecule has 3 N–H and O–H groups in total. The molecule has 1 atom stereocenters. The van der Waals surface area contributed by atoms with E-state index in [9.17, 15) is 14.7 Å². The van der Waals surface area contributed by atoms with Gasteiger partial charge in [-0.05, 0) is 18.6 Å². The first-order valence-electron chi connectivity index (χ1n) is 5.37. The van der Waals surface area contributed by atoms with Gasteiger partial charge in [0.15, 0.2) is 0 Å². The van der Waals surface area contributed by atoms with Crippen LogP contribution in [0.4, 0.5) is 0 Å². The molecular formula is C10H18N2O3S. The summed E-state index contributed by atoms with van der Waals surface area (Å²) in [6.07, 6.45) is 1.58. The van der Waals surface area contributed by atoms with Crippen LogP contribution in [0.1, 0.15) is 19.8 Å². The Balaban J connectivity index is 2.39. The van der Waals surface area contributed by atoms with E-state index in [-0.39, 0.29) is 5.91 Å². The van der Waals surface area contributed by atoms with Gasteiger partial charge in [0.25, 0.3) is 0 Å². The molecule has 6 heteroatoms. The van der Waals surface area contributed by atoms with Crippen molar-refractivity contribution in [3.05, 3.63) is 0 Å². The molecule has 1 amide bonds. The van der Waals surface area contributed by atoms with Gasteiger partial charge in [-0.15, -0.1) is 0 Å². The summed E-state index contributed by atoms with van der Waals surface area (Å²) in [7, 11) is 0. The Bertz CT molecular complexity index is 265. The van der Waals surface area contributed by atoms with E-state index in [1.54, 1.807) is 11.8 Å². The summed E-state index contributed by atoms with van der Waals surface area (Å²) in [5, 5.41) is 14.9. The highest BCUT2D eigenvalue weighted by molar-refractivity contribution is 7.99. The molecule has 1 fully saturated rings. The number of carboxylic acids is 1. The summed E-state index contributed by atoms with van der Waals surface area (Å²) in [4.78, 5) is 21.9. The lowest BCUT2D eigenvalue weighted by Gasteiger charge is -2.33. The Labute approximate surface area is 99.4 Å². The van der Waals surface area contributed by atoms with Crippen LogP contribution in [0.3, 0.4) is 0 Å². The number of carbonyl (C=O) groups is 2. The highest BCUT2D eigenvalue weighted by Gasteiger charge is 2.39. The average Bonchev–Trinajstić information content (AvgIpc) is 2.25. The summed E-state index contributed by atoms with van der Waals surface area (Å²) in [6.45, 7) is 2.41. The van der Waals surface area contributed by atoms with Gasteiger partial charge in [-0.1, -0.05) is 0 Å². The quantitative estimate of drug-likeness (QED) is 0.598.